The second-order valence-corrected chi connectivity index (χ2v) is 8.09. The number of carbonyl (C=O) groups is 1. The molecule has 1 amide bonds. The van der Waals surface area contributed by atoms with Crippen molar-refractivity contribution in [2.45, 2.75) is 33.3 Å². The average Bonchev–Trinajstić information content (AvgIpc) is 3.34. The molecule has 4 aromatic rings. The molecule has 0 radical (unpaired) electrons. The molecule has 2 aromatic heterocycles. The molecule has 0 bridgehead atoms. The number of amides is 1. The van der Waals surface area contributed by atoms with Crippen molar-refractivity contribution in [1.82, 2.24) is 19.8 Å². The zero-order valence-electron chi connectivity index (χ0n) is 17.7. The number of hydrogen-bond acceptors (Lipinski definition) is 7. The van der Waals surface area contributed by atoms with Crippen LogP contribution in [0.25, 0.3) is 15.5 Å². The number of benzene rings is 2. The van der Waals surface area contributed by atoms with E-state index in [4.69, 9.17) is 9.47 Å². The van der Waals surface area contributed by atoms with E-state index in [0.717, 1.165) is 33.5 Å². The van der Waals surface area contributed by atoms with Crippen molar-refractivity contribution in [3.63, 3.8) is 0 Å². The van der Waals surface area contributed by atoms with Crippen LogP contribution in [0.2, 0.25) is 0 Å². The molecule has 0 saturated carbocycles. The summed E-state index contributed by atoms with van der Waals surface area (Å²) in [5, 5.41) is 16.6. The van der Waals surface area contributed by atoms with Crippen LogP contribution >= 0.6 is 11.3 Å². The average molecular weight is 438 g/mol. The lowest BCUT2D eigenvalue weighted by molar-refractivity contribution is 0.102. The summed E-state index contributed by atoms with van der Waals surface area (Å²) >= 11 is 1.44. The standard InChI is InChI=1S/C22H23N5O3S/c1-5-19-24-25-22-27(19)26-21(31-22)15-8-11-18(29-4)17(12-15)23-20(28)14-6-9-16(10-7-14)30-13(2)3/h6-13H,5H2,1-4H3,(H,23,28). The van der Waals surface area contributed by atoms with Crippen LogP contribution in [0.15, 0.2) is 42.5 Å². The van der Waals surface area contributed by atoms with Crippen molar-refractivity contribution in [2.24, 2.45) is 0 Å². The van der Waals surface area contributed by atoms with Crippen molar-refractivity contribution in [3.05, 3.63) is 53.9 Å². The van der Waals surface area contributed by atoms with Crippen molar-refractivity contribution in [1.29, 1.82) is 0 Å². The summed E-state index contributed by atoms with van der Waals surface area (Å²) in [6.45, 7) is 5.93. The Labute approximate surface area is 183 Å². The molecule has 160 valence electrons. The molecule has 0 aliphatic carbocycles. The first kappa shape index (κ1) is 20.8. The van der Waals surface area contributed by atoms with E-state index < -0.39 is 0 Å². The maximum Gasteiger partial charge on any atom is 0.255 e. The number of nitrogens with one attached hydrogen (secondary N) is 1. The van der Waals surface area contributed by atoms with Gasteiger partial charge in [-0.05, 0) is 56.3 Å². The van der Waals surface area contributed by atoms with E-state index >= 15 is 0 Å². The summed E-state index contributed by atoms with van der Waals surface area (Å²) in [6.07, 6.45) is 0.819. The van der Waals surface area contributed by atoms with Crippen molar-refractivity contribution in [2.75, 3.05) is 12.4 Å². The quantitative estimate of drug-likeness (QED) is 0.459. The predicted molar refractivity (Wildman–Crippen MR) is 120 cm³/mol. The molecule has 0 aliphatic heterocycles. The summed E-state index contributed by atoms with van der Waals surface area (Å²) in [5.41, 5.74) is 1.94. The second-order valence-electron chi connectivity index (χ2n) is 7.13. The fourth-order valence-corrected chi connectivity index (χ4v) is 3.94. The first-order valence-corrected chi connectivity index (χ1v) is 10.8. The molecule has 0 unspecified atom stereocenters. The topological polar surface area (TPSA) is 90.6 Å². The maximum atomic E-state index is 12.8. The molecule has 0 spiro atoms. The Kier molecular flexibility index (Phi) is 5.85. The Hall–Kier alpha value is -3.46. The lowest BCUT2D eigenvalue weighted by Gasteiger charge is -2.12. The van der Waals surface area contributed by atoms with Crippen molar-refractivity contribution >= 4 is 27.9 Å². The molecule has 2 heterocycles. The fourth-order valence-electron chi connectivity index (χ4n) is 3.08. The second kappa shape index (κ2) is 8.73. The zero-order chi connectivity index (χ0) is 22.0. The van der Waals surface area contributed by atoms with Gasteiger partial charge in [-0.2, -0.15) is 9.61 Å². The molecule has 31 heavy (non-hydrogen) atoms. The highest BCUT2D eigenvalue weighted by Gasteiger charge is 2.15. The van der Waals surface area contributed by atoms with Gasteiger partial charge in [0.25, 0.3) is 5.91 Å². The van der Waals surface area contributed by atoms with Gasteiger partial charge in [-0.15, -0.1) is 10.2 Å². The molecule has 4 rings (SSSR count). The number of nitrogens with zero attached hydrogens (tertiary/aromatic N) is 4. The van der Waals surface area contributed by atoms with Gasteiger partial charge in [0.15, 0.2) is 5.82 Å². The number of anilines is 1. The normalized spacial score (nSPS) is 11.1. The van der Waals surface area contributed by atoms with E-state index in [1.165, 1.54) is 11.3 Å². The van der Waals surface area contributed by atoms with E-state index in [2.05, 4.69) is 20.6 Å². The predicted octanol–water partition coefficient (Wildman–Crippen LogP) is 4.46. The number of hydrogen-bond donors (Lipinski definition) is 1. The Morgan fingerprint density at radius 1 is 1.16 bits per heavy atom. The molecule has 0 atom stereocenters. The summed E-state index contributed by atoms with van der Waals surface area (Å²) in [5.74, 6) is 1.86. The smallest absolute Gasteiger partial charge is 0.255 e. The summed E-state index contributed by atoms with van der Waals surface area (Å²) in [6, 6.07) is 12.6. The Morgan fingerprint density at radius 2 is 1.94 bits per heavy atom. The van der Waals surface area contributed by atoms with Gasteiger partial charge in [-0.1, -0.05) is 18.3 Å². The molecule has 0 saturated heterocycles. The molecule has 9 heteroatoms. The van der Waals surface area contributed by atoms with E-state index in [1.54, 1.807) is 35.9 Å². The zero-order valence-corrected chi connectivity index (χ0v) is 18.6. The Morgan fingerprint density at radius 3 is 2.61 bits per heavy atom. The summed E-state index contributed by atoms with van der Waals surface area (Å²) in [7, 11) is 1.57. The van der Waals surface area contributed by atoms with Crippen molar-refractivity contribution < 1.29 is 14.3 Å². The van der Waals surface area contributed by atoms with Gasteiger partial charge in [-0.25, -0.2) is 0 Å². The van der Waals surface area contributed by atoms with E-state index in [0.29, 0.717) is 17.0 Å². The first-order chi connectivity index (χ1) is 15.0. The SMILES string of the molecule is CCc1nnc2sc(-c3ccc(OC)c(NC(=O)c4ccc(OC(C)C)cc4)c3)nn12. The van der Waals surface area contributed by atoms with E-state index in [9.17, 15) is 4.79 Å². The van der Waals surface area contributed by atoms with Crippen LogP contribution < -0.4 is 14.8 Å². The third kappa shape index (κ3) is 4.36. The number of fused-ring (bicyclic) bond motifs is 1. The highest BCUT2D eigenvalue weighted by molar-refractivity contribution is 7.19. The number of aromatic nitrogens is 4. The van der Waals surface area contributed by atoms with Crippen LogP contribution in [0.4, 0.5) is 5.69 Å². The van der Waals surface area contributed by atoms with Gasteiger partial charge in [0.1, 0.15) is 16.5 Å². The highest BCUT2D eigenvalue weighted by atomic mass is 32.1. The number of carbonyl (C=O) groups excluding carboxylic acids is 1. The number of ether oxygens (including phenoxy) is 2. The number of rotatable bonds is 7. The first-order valence-electron chi connectivity index (χ1n) is 9.96. The molecule has 2 aromatic carbocycles. The minimum Gasteiger partial charge on any atom is -0.495 e. The third-order valence-electron chi connectivity index (χ3n) is 4.55. The molecule has 8 nitrogen and oxygen atoms in total. The molecular formula is C22H23N5O3S. The summed E-state index contributed by atoms with van der Waals surface area (Å²) in [4.78, 5) is 13.5. The lowest BCUT2D eigenvalue weighted by Crippen LogP contribution is -2.13. The minimum atomic E-state index is -0.238. The van der Waals surface area contributed by atoms with Gasteiger partial charge >= 0.3 is 0 Å². The largest absolute Gasteiger partial charge is 0.495 e. The highest BCUT2D eigenvalue weighted by Crippen LogP contribution is 2.33. The minimum absolute atomic E-state index is 0.0737. The molecular weight excluding hydrogens is 414 g/mol. The monoisotopic (exact) mass is 437 g/mol. The van der Waals surface area contributed by atoms with Gasteiger partial charge in [0.2, 0.25) is 4.96 Å². The van der Waals surface area contributed by atoms with Crippen LogP contribution in [0.3, 0.4) is 0 Å². The maximum absolute atomic E-state index is 12.8. The number of methoxy groups -OCH3 is 1. The van der Waals surface area contributed by atoms with Crippen LogP contribution in [-0.4, -0.2) is 38.9 Å². The molecule has 0 aliphatic rings. The van der Waals surface area contributed by atoms with Crippen LogP contribution in [0.5, 0.6) is 11.5 Å². The van der Waals surface area contributed by atoms with Crippen LogP contribution in [-0.2, 0) is 6.42 Å². The molecule has 1 N–H and O–H groups in total. The van der Waals surface area contributed by atoms with Gasteiger partial charge in [0, 0.05) is 17.5 Å². The van der Waals surface area contributed by atoms with E-state index in [1.807, 2.05) is 39.0 Å². The molecule has 0 fully saturated rings. The van der Waals surface area contributed by atoms with Crippen LogP contribution in [0.1, 0.15) is 37.0 Å². The van der Waals surface area contributed by atoms with E-state index in [-0.39, 0.29) is 12.0 Å². The lowest BCUT2D eigenvalue weighted by atomic mass is 10.1. The fraction of sp³-hybridized carbons (Fsp3) is 0.273. The third-order valence-corrected chi connectivity index (χ3v) is 5.50. The van der Waals surface area contributed by atoms with Crippen molar-refractivity contribution in [3.8, 4) is 22.1 Å². The Bertz CT molecular complexity index is 1210. The Balaban J connectivity index is 1.59. The van der Waals surface area contributed by atoms with Gasteiger partial charge in [0.05, 0.1) is 18.9 Å². The van der Waals surface area contributed by atoms with Gasteiger partial charge in [-0.3, -0.25) is 4.79 Å². The van der Waals surface area contributed by atoms with Gasteiger partial charge < -0.3 is 14.8 Å². The summed E-state index contributed by atoms with van der Waals surface area (Å²) < 4.78 is 12.8. The number of aryl methyl sites for hydroxylation is 1. The van der Waals surface area contributed by atoms with Crippen LogP contribution in [0, 0.1) is 0 Å².